The van der Waals surface area contributed by atoms with Gasteiger partial charge in [-0.1, -0.05) is 0 Å². The minimum Gasteiger partial charge on any atom is -0.211 e. The van der Waals surface area contributed by atoms with E-state index >= 15 is 0 Å². The Balaban J connectivity index is 4.63. The lowest BCUT2D eigenvalue weighted by molar-refractivity contribution is 0.444. The predicted molar refractivity (Wildman–Crippen MR) is 42.2 cm³/mol. The van der Waals surface area contributed by atoms with Crippen molar-refractivity contribution in [1.82, 2.24) is 4.31 Å². The maximum Gasteiger partial charge on any atom is 0.228 e. The molecule has 0 saturated heterocycles. The highest BCUT2D eigenvalue weighted by atomic mass is 32.2. The van der Waals surface area contributed by atoms with Gasteiger partial charge in [-0.05, 0) is 6.92 Å². The van der Waals surface area contributed by atoms with Crippen molar-refractivity contribution in [2.24, 2.45) is 0 Å². The van der Waals surface area contributed by atoms with Crippen LogP contribution in [0.1, 0.15) is 6.92 Å². The molecule has 0 radical (unpaired) electrons. The molecule has 0 aliphatic rings. The third kappa shape index (κ3) is 2.50. The molecule has 1 unspecified atom stereocenters. The minimum absolute atomic E-state index is 0.588. The smallest absolute Gasteiger partial charge is 0.211 e. The molecule has 1 atom stereocenters. The first kappa shape index (κ1) is 10.9. The summed E-state index contributed by atoms with van der Waals surface area (Å²) < 4.78 is 23.1. The molecule has 5 nitrogen and oxygen atoms in total. The SMILES string of the molecule is CC(C#N)N(C)S(=O)(=O)CC#N. The second-order valence-electron chi connectivity index (χ2n) is 2.24. The number of nitriles is 2. The van der Waals surface area contributed by atoms with Gasteiger partial charge in [0, 0.05) is 7.05 Å². The van der Waals surface area contributed by atoms with Crippen LogP contribution in [0.25, 0.3) is 0 Å². The summed E-state index contributed by atoms with van der Waals surface area (Å²) in [5.41, 5.74) is 0. The zero-order valence-corrected chi connectivity index (χ0v) is 7.67. The molecule has 12 heavy (non-hydrogen) atoms. The fourth-order valence-corrected chi connectivity index (χ4v) is 1.40. The highest BCUT2D eigenvalue weighted by Crippen LogP contribution is 2.02. The van der Waals surface area contributed by atoms with E-state index in [0.717, 1.165) is 4.31 Å². The van der Waals surface area contributed by atoms with E-state index in [0.29, 0.717) is 0 Å². The Morgan fingerprint density at radius 1 is 1.50 bits per heavy atom. The van der Waals surface area contributed by atoms with Gasteiger partial charge in [-0.25, -0.2) is 8.42 Å². The lowest BCUT2D eigenvalue weighted by Gasteiger charge is -2.16. The van der Waals surface area contributed by atoms with Crippen molar-refractivity contribution in [2.45, 2.75) is 13.0 Å². The number of hydrogen-bond donors (Lipinski definition) is 0. The summed E-state index contributed by atoms with van der Waals surface area (Å²) >= 11 is 0. The average molecular weight is 187 g/mol. The highest BCUT2D eigenvalue weighted by molar-refractivity contribution is 7.89. The lowest BCUT2D eigenvalue weighted by Crippen LogP contribution is -2.35. The van der Waals surface area contributed by atoms with Crippen molar-refractivity contribution in [3.8, 4) is 12.1 Å². The summed E-state index contributed by atoms with van der Waals surface area (Å²) in [5, 5.41) is 16.6. The Kier molecular flexibility index (Phi) is 3.68. The molecule has 0 saturated carbocycles. The van der Waals surface area contributed by atoms with Gasteiger partial charge >= 0.3 is 0 Å². The normalized spacial score (nSPS) is 13.4. The zero-order valence-electron chi connectivity index (χ0n) is 6.85. The van der Waals surface area contributed by atoms with Gasteiger partial charge in [0.15, 0.2) is 5.75 Å². The number of hydrogen-bond acceptors (Lipinski definition) is 4. The Bertz CT molecular complexity index is 322. The molecule has 0 spiro atoms. The fourth-order valence-electron chi connectivity index (χ4n) is 0.506. The Morgan fingerprint density at radius 2 is 2.00 bits per heavy atom. The molecular formula is C6H9N3O2S. The van der Waals surface area contributed by atoms with Gasteiger partial charge in [0.25, 0.3) is 0 Å². The molecule has 0 amide bonds. The van der Waals surface area contributed by atoms with Crippen LogP contribution in [-0.2, 0) is 10.0 Å². The third-order valence-electron chi connectivity index (χ3n) is 1.42. The molecular weight excluding hydrogens is 178 g/mol. The van der Waals surface area contributed by atoms with Crippen LogP contribution in [0.5, 0.6) is 0 Å². The maximum absolute atomic E-state index is 11.1. The molecule has 0 N–H and O–H groups in total. The van der Waals surface area contributed by atoms with Crippen LogP contribution in [0.4, 0.5) is 0 Å². The molecule has 0 aromatic carbocycles. The van der Waals surface area contributed by atoms with Crippen molar-refractivity contribution in [3.63, 3.8) is 0 Å². The standard InChI is InChI=1S/C6H9N3O2S/c1-6(5-8)9(2)12(10,11)4-3-7/h6H,4H2,1-2H3. The molecule has 0 aliphatic heterocycles. The summed E-state index contributed by atoms with van der Waals surface area (Å²) in [7, 11) is -2.29. The Morgan fingerprint density at radius 3 is 2.33 bits per heavy atom. The van der Waals surface area contributed by atoms with Crippen molar-refractivity contribution < 1.29 is 8.42 Å². The Hall–Kier alpha value is -1.11. The fraction of sp³-hybridized carbons (Fsp3) is 0.667. The molecule has 0 heterocycles. The van der Waals surface area contributed by atoms with E-state index in [1.54, 1.807) is 6.07 Å². The Labute approximate surface area is 71.9 Å². The number of nitrogens with zero attached hydrogens (tertiary/aromatic N) is 3. The number of sulfonamides is 1. The molecule has 0 aromatic rings. The molecule has 6 heteroatoms. The van der Waals surface area contributed by atoms with Crippen LogP contribution in [0.15, 0.2) is 0 Å². The highest BCUT2D eigenvalue weighted by Gasteiger charge is 2.22. The largest absolute Gasteiger partial charge is 0.228 e. The van der Waals surface area contributed by atoms with Gasteiger partial charge < -0.3 is 0 Å². The lowest BCUT2D eigenvalue weighted by atomic mass is 10.4. The maximum atomic E-state index is 11.1. The van der Waals surface area contributed by atoms with Gasteiger partial charge in [0.05, 0.1) is 12.1 Å². The van der Waals surface area contributed by atoms with E-state index in [9.17, 15) is 8.42 Å². The monoisotopic (exact) mass is 187 g/mol. The van der Waals surface area contributed by atoms with Crippen molar-refractivity contribution in [1.29, 1.82) is 10.5 Å². The molecule has 0 fully saturated rings. The van der Waals surface area contributed by atoms with Crippen LogP contribution in [0.2, 0.25) is 0 Å². The van der Waals surface area contributed by atoms with Gasteiger partial charge in [0.1, 0.15) is 6.04 Å². The van der Waals surface area contributed by atoms with Crippen molar-refractivity contribution >= 4 is 10.0 Å². The first-order chi connectivity index (χ1) is 5.45. The van der Waals surface area contributed by atoms with E-state index < -0.39 is 21.8 Å². The summed E-state index contributed by atoms with van der Waals surface area (Å²) in [6.07, 6.45) is 0. The van der Waals surface area contributed by atoms with E-state index in [1.165, 1.54) is 20.0 Å². The van der Waals surface area contributed by atoms with Gasteiger partial charge in [0.2, 0.25) is 10.0 Å². The predicted octanol–water partition coefficient (Wildman–Crippen LogP) is -0.316. The topological polar surface area (TPSA) is 85.0 Å². The molecule has 0 bridgehead atoms. The minimum atomic E-state index is -3.57. The third-order valence-corrected chi connectivity index (χ3v) is 3.11. The van der Waals surface area contributed by atoms with Crippen LogP contribution in [0, 0.1) is 22.7 Å². The zero-order chi connectivity index (χ0) is 9.78. The van der Waals surface area contributed by atoms with Gasteiger partial charge in [-0.3, -0.25) is 0 Å². The van der Waals surface area contributed by atoms with E-state index in [1.807, 2.05) is 0 Å². The summed E-state index contributed by atoms with van der Waals surface area (Å²) in [6.45, 7) is 1.45. The first-order valence-electron chi connectivity index (χ1n) is 3.18. The number of rotatable bonds is 3. The molecule has 66 valence electrons. The molecule has 0 aromatic heterocycles. The summed E-state index contributed by atoms with van der Waals surface area (Å²) in [6, 6.07) is 2.56. The van der Waals surface area contributed by atoms with Crippen LogP contribution >= 0.6 is 0 Å². The quantitative estimate of drug-likeness (QED) is 0.606. The van der Waals surface area contributed by atoms with Gasteiger partial charge in [-0.15, -0.1) is 0 Å². The second kappa shape index (κ2) is 4.05. The van der Waals surface area contributed by atoms with E-state index in [4.69, 9.17) is 10.5 Å². The van der Waals surface area contributed by atoms with Crippen molar-refractivity contribution in [3.05, 3.63) is 0 Å². The molecule has 0 aliphatic carbocycles. The second-order valence-corrected chi connectivity index (χ2v) is 4.26. The van der Waals surface area contributed by atoms with Gasteiger partial charge in [-0.2, -0.15) is 14.8 Å². The first-order valence-corrected chi connectivity index (χ1v) is 4.79. The van der Waals surface area contributed by atoms with Crippen molar-refractivity contribution in [2.75, 3.05) is 12.8 Å². The van der Waals surface area contributed by atoms with E-state index in [-0.39, 0.29) is 0 Å². The van der Waals surface area contributed by atoms with Crippen LogP contribution in [-0.4, -0.2) is 31.6 Å². The summed E-state index contributed by atoms with van der Waals surface area (Å²) in [4.78, 5) is 0. The van der Waals surface area contributed by atoms with Crippen LogP contribution in [0.3, 0.4) is 0 Å². The van der Waals surface area contributed by atoms with E-state index in [2.05, 4.69) is 0 Å². The summed E-state index contributed by atoms with van der Waals surface area (Å²) in [5.74, 6) is -0.588. The average Bonchev–Trinajstić information content (AvgIpc) is 2.01. The van der Waals surface area contributed by atoms with Crippen LogP contribution < -0.4 is 0 Å². The molecule has 0 rings (SSSR count).